The first kappa shape index (κ1) is 12.3. The molecule has 0 radical (unpaired) electrons. The third-order valence-corrected chi connectivity index (χ3v) is 2.91. The van der Waals surface area contributed by atoms with Crippen LogP contribution in [0, 0.1) is 6.92 Å². The molecule has 1 heterocycles. The average Bonchev–Trinajstić information content (AvgIpc) is 2.38. The second kappa shape index (κ2) is 5.00. The van der Waals surface area contributed by atoms with Crippen molar-refractivity contribution in [3.8, 4) is 0 Å². The maximum Gasteiger partial charge on any atom is 0.261 e. The summed E-state index contributed by atoms with van der Waals surface area (Å²) >= 11 is 0. The van der Waals surface area contributed by atoms with E-state index in [4.69, 9.17) is 0 Å². The van der Waals surface area contributed by atoms with Crippen molar-refractivity contribution in [2.24, 2.45) is 0 Å². The molecular weight excluding hydrogens is 230 g/mol. The number of aromatic nitrogens is 2. The molecule has 0 fully saturated rings. The highest BCUT2D eigenvalue weighted by Gasteiger charge is 2.06. The highest BCUT2D eigenvalue weighted by Crippen LogP contribution is 2.11. The zero-order valence-electron chi connectivity index (χ0n) is 10.4. The molecule has 0 unspecified atom stereocenters. The van der Waals surface area contributed by atoms with Crippen LogP contribution in [0.5, 0.6) is 0 Å². The third-order valence-electron chi connectivity index (χ3n) is 2.91. The van der Waals surface area contributed by atoms with E-state index >= 15 is 0 Å². The van der Waals surface area contributed by atoms with Gasteiger partial charge in [0.2, 0.25) is 5.91 Å². The Morgan fingerprint density at radius 3 is 2.94 bits per heavy atom. The predicted molar refractivity (Wildman–Crippen MR) is 69.4 cm³/mol. The number of hydrogen-bond donors (Lipinski definition) is 1. The number of nitrogens with zero attached hydrogens (tertiary/aromatic N) is 2. The van der Waals surface area contributed by atoms with Gasteiger partial charge in [-0.25, -0.2) is 4.98 Å². The fourth-order valence-corrected chi connectivity index (χ4v) is 1.84. The van der Waals surface area contributed by atoms with Gasteiger partial charge in [0.1, 0.15) is 0 Å². The lowest BCUT2D eigenvalue weighted by atomic mass is 10.1. The van der Waals surface area contributed by atoms with E-state index in [2.05, 4.69) is 10.3 Å². The van der Waals surface area contributed by atoms with Gasteiger partial charge in [-0.05, 0) is 18.6 Å². The van der Waals surface area contributed by atoms with Crippen molar-refractivity contribution in [2.75, 3.05) is 7.05 Å². The van der Waals surface area contributed by atoms with Gasteiger partial charge in [-0.2, -0.15) is 0 Å². The quantitative estimate of drug-likeness (QED) is 0.871. The van der Waals surface area contributed by atoms with E-state index in [0.717, 1.165) is 11.1 Å². The second-order valence-corrected chi connectivity index (χ2v) is 4.14. The highest BCUT2D eigenvalue weighted by molar-refractivity contribution is 5.80. The topological polar surface area (TPSA) is 64.0 Å². The monoisotopic (exact) mass is 245 g/mol. The van der Waals surface area contributed by atoms with Gasteiger partial charge in [-0.15, -0.1) is 0 Å². The molecule has 5 nitrogen and oxygen atoms in total. The van der Waals surface area contributed by atoms with Crippen LogP contribution in [-0.2, 0) is 11.3 Å². The summed E-state index contributed by atoms with van der Waals surface area (Å²) in [5, 5.41) is 3.12. The molecule has 5 heteroatoms. The van der Waals surface area contributed by atoms with E-state index in [1.807, 2.05) is 19.1 Å². The number of benzene rings is 1. The van der Waals surface area contributed by atoms with E-state index < -0.39 is 0 Å². The molecule has 2 rings (SSSR count). The summed E-state index contributed by atoms with van der Waals surface area (Å²) in [4.78, 5) is 27.6. The van der Waals surface area contributed by atoms with Crippen molar-refractivity contribution >= 4 is 16.8 Å². The molecule has 2 aromatic rings. The van der Waals surface area contributed by atoms with Crippen molar-refractivity contribution in [1.82, 2.24) is 14.9 Å². The normalized spacial score (nSPS) is 10.6. The first-order chi connectivity index (χ1) is 8.63. The van der Waals surface area contributed by atoms with Crippen molar-refractivity contribution in [3.63, 3.8) is 0 Å². The molecule has 0 spiro atoms. The summed E-state index contributed by atoms with van der Waals surface area (Å²) in [6.45, 7) is 2.26. The number of amides is 1. The van der Waals surface area contributed by atoms with Gasteiger partial charge in [0.15, 0.2) is 0 Å². The Hall–Kier alpha value is -2.17. The number of fused-ring (bicyclic) bond motifs is 1. The minimum absolute atomic E-state index is 0.0914. The van der Waals surface area contributed by atoms with Gasteiger partial charge >= 0.3 is 0 Å². The molecule has 1 aromatic carbocycles. The molecule has 0 saturated carbocycles. The fourth-order valence-electron chi connectivity index (χ4n) is 1.84. The van der Waals surface area contributed by atoms with Crippen LogP contribution < -0.4 is 10.9 Å². The van der Waals surface area contributed by atoms with Gasteiger partial charge in [0.25, 0.3) is 5.56 Å². The maximum absolute atomic E-state index is 12.2. The summed E-state index contributed by atoms with van der Waals surface area (Å²) in [5.74, 6) is -0.0914. The number of carbonyl (C=O) groups is 1. The lowest BCUT2D eigenvalue weighted by Crippen LogP contribution is -2.25. The lowest BCUT2D eigenvalue weighted by Gasteiger charge is -2.07. The zero-order valence-corrected chi connectivity index (χ0v) is 10.4. The lowest BCUT2D eigenvalue weighted by molar-refractivity contribution is -0.120. The molecule has 0 bridgehead atoms. The first-order valence-electron chi connectivity index (χ1n) is 5.79. The van der Waals surface area contributed by atoms with Gasteiger partial charge < -0.3 is 5.32 Å². The Morgan fingerprint density at radius 1 is 1.44 bits per heavy atom. The maximum atomic E-state index is 12.2. The zero-order chi connectivity index (χ0) is 13.1. The molecular formula is C13H15N3O2. The molecule has 0 saturated heterocycles. The molecule has 1 N–H and O–H groups in total. The Balaban J connectivity index is 2.40. The number of hydrogen-bond acceptors (Lipinski definition) is 3. The Morgan fingerprint density at radius 2 is 2.22 bits per heavy atom. The third kappa shape index (κ3) is 2.25. The van der Waals surface area contributed by atoms with Crippen LogP contribution in [0.4, 0.5) is 0 Å². The van der Waals surface area contributed by atoms with Crippen LogP contribution in [0.25, 0.3) is 10.9 Å². The molecule has 0 aliphatic rings. The summed E-state index contributed by atoms with van der Waals surface area (Å²) in [7, 11) is 1.58. The van der Waals surface area contributed by atoms with Crippen molar-refractivity contribution in [3.05, 3.63) is 40.4 Å². The molecule has 94 valence electrons. The number of aryl methyl sites for hydroxylation is 2. The molecule has 1 aromatic heterocycles. The van der Waals surface area contributed by atoms with E-state index in [1.165, 1.54) is 10.9 Å². The number of rotatable bonds is 3. The Bertz CT molecular complexity index is 646. The van der Waals surface area contributed by atoms with Crippen molar-refractivity contribution in [1.29, 1.82) is 0 Å². The Labute approximate surface area is 104 Å². The number of para-hydroxylation sites is 1. The minimum atomic E-state index is -0.104. The van der Waals surface area contributed by atoms with Gasteiger partial charge in [0.05, 0.1) is 17.2 Å². The summed E-state index contributed by atoms with van der Waals surface area (Å²) in [5.41, 5.74) is 1.59. The molecule has 0 aliphatic carbocycles. The van der Waals surface area contributed by atoms with Crippen LogP contribution in [0.15, 0.2) is 29.3 Å². The number of nitrogens with one attached hydrogen (secondary N) is 1. The van der Waals surface area contributed by atoms with Gasteiger partial charge in [0, 0.05) is 20.0 Å². The molecule has 0 atom stereocenters. The average molecular weight is 245 g/mol. The summed E-state index contributed by atoms with van der Waals surface area (Å²) < 4.78 is 1.47. The van der Waals surface area contributed by atoms with Gasteiger partial charge in [-0.1, -0.05) is 12.1 Å². The van der Waals surface area contributed by atoms with E-state index in [1.54, 1.807) is 13.1 Å². The van der Waals surface area contributed by atoms with Gasteiger partial charge in [-0.3, -0.25) is 14.2 Å². The van der Waals surface area contributed by atoms with Crippen LogP contribution in [-0.4, -0.2) is 22.5 Å². The smallest absolute Gasteiger partial charge is 0.261 e. The Kier molecular flexibility index (Phi) is 3.41. The first-order valence-corrected chi connectivity index (χ1v) is 5.79. The minimum Gasteiger partial charge on any atom is -0.359 e. The highest BCUT2D eigenvalue weighted by atomic mass is 16.1. The van der Waals surface area contributed by atoms with Crippen molar-refractivity contribution in [2.45, 2.75) is 19.9 Å². The molecule has 1 amide bonds. The van der Waals surface area contributed by atoms with E-state index in [-0.39, 0.29) is 17.9 Å². The van der Waals surface area contributed by atoms with Crippen LogP contribution in [0.2, 0.25) is 0 Å². The summed E-state index contributed by atoms with van der Waals surface area (Å²) in [6, 6.07) is 5.52. The van der Waals surface area contributed by atoms with Crippen LogP contribution in [0.3, 0.4) is 0 Å². The molecule has 18 heavy (non-hydrogen) atoms. The standard InChI is InChI=1S/C13H15N3O2/c1-9-4-3-5-10-12(9)15-8-16(13(10)18)7-6-11(17)14-2/h3-5,8H,6-7H2,1-2H3,(H,14,17). The van der Waals surface area contributed by atoms with Crippen LogP contribution in [0.1, 0.15) is 12.0 Å². The second-order valence-electron chi connectivity index (χ2n) is 4.14. The SMILES string of the molecule is CNC(=O)CCn1cnc2c(C)cccc2c1=O. The largest absolute Gasteiger partial charge is 0.359 e. The van der Waals surface area contributed by atoms with Crippen LogP contribution >= 0.6 is 0 Å². The van der Waals surface area contributed by atoms with E-state index in [0.29, 0.717) is 11.9 Å². The van der Waals surface area contributed by atoms with E-state index in [9.17, 15) is 9.59 Å². The predicted octanol–water partition coefficient (Wildman–Crippen LogP) is 0.841. The molecule has 0 aliphatic heterocycles. The number of carbonyl (C=O) groups excluding carboxylic acids is 1. The summed E-state index contributed by atoms with van der Waals surface area (Å²) in [6.07, 6.45) is 1.77. The van der Waals surface area contributed by atoms with Crippen molar-refractivity contribution < 1.29 is 4.79 Å². The fraction of sp³-hybridized carbons (Fsp3) is 0.308.